The molecule has 1 fully saturated rings. The zero-order valence-electron chi connectivity index (χ0n) is 19.5. The van der Waals surface area contributed by atoms with Gasteiger partial charge >= 0.3 is 0 Å². The van der Waals surface area contributed by atoms with E-state index in [2.05, 4.69) is 39.5 Å². The third kappa shape index (κ3) is 4.58. The summed E-state index contributed by atoms with van der Waals surface area (Å²) < 4.78 is 2.92. The molecule has 36 heavy (non-hydrogen) atoms. The van der Waals surface area contributed by atoms with Crippen LogP contribution in [0.2, 0.25) is 0 Å². The number of halogens is 1. The van der Waals surface area contributed by atoms with Crippen LogP contribution in [0.5, 0.6) is 0 Å². The number of nitrogens with two attached hydrogens (primary N) is 1. The highest BCUT2D eigenvalue weighted by atomic mass is 127. The normalized spacial score (nSPS) is 15.6. The summed E-state index contributed by atoms with van der Waals surface area (Å²) in [5, 5.41) is 8.67. The van der Waals surface area contributed by atoms with E-state index in [1.165, 1.54) is 6.08 Å². The van der Waals surface area contributed by atoms with Crippen molar-refractivity contribution in [1.29, 1.82) is 0 Å². The van der Waals surface area contributed by atoms with Crippen LogP contribution in [0.3, 0.4) is 0 Å². The summed E-state index contributed by atoms with van der Waals surface area (Å²) in [7, 11) is 0. The number of carbonyl (C=O) groups is 2. The van der Waals surface area contributed by atoms with Gasteiger partial charge in [-0.3, -0.25) is 14.3 Å². The first kappa shape index (κ1) is 24.0. The number of rotatable bonds is 5. The van der Waals surface area contributed by atoms with E-state index in [9.17, 15) is 9.59 Å². The number of likely N-dealkylation sites (tertiary alicyclic amines) is 1. The Bertz CT molecular complexity index is 1450. The van der Waals surface area contributed by atoms with E-state index in [0.717, 1.165) is 38.6 Å². The monoisotopic (exact) mass is 592 g/mol. The average Bonchev–Trinajstić information content (AvgIpc) is 3.33. The lowest BCUT2D eigenvalue weighted by atomic mass is 10.0. The third-order valence-electron chi connectivity index (χ3n) is 6.39. The second kappa shape index (κ2) is 10.1. The van der Waals surface area contributed by atoms with E-state index in [-0.39, 0.29) is 17.9 Å². The van der Waals surface area contributed by atoms with E-state index in [0.29, 0.717) is 30.2 Å². The number of nitrogens with one attached hydrogen (secondary N) is 1. The van der Waals surface area contributed by atoms with Gasteiger partial charge in [-0.15, -0.1) is 0 Å². The second-order valence-electron chi connectivity index (χ2n) is 8.69. The SMILES string of the molecule is C=CC(=O)N1CCCC(n2nc(-c3ccc(C(=O)Nc4ccccc4)cc3)c3c(N)ncc(I)c32)C1. The Morgan fingerprint density at radius 1 is 1.14 bits per heavy atom. The first-order valence-electron chi connectivity index (χ1n) is 11.7. The Morgan fingerprint density at radius 2 is 1.89 bits per heavy atom. The molecule has 8 nitrogen and oxygen atoms in total. The number of benzene rings is 2. The number of piperidine rings is 1. The maximum Gasteiger partial charge on any atom is 0.255 e. The topological polar surface area (TPSA) is 106 Å². The molecule has 0 saturated carbocycles. The van der Waals surface area contributed by atoms with E-state index < -0.39 is 0 Å². The van der Waals surface area contributed by atoms with Gasteiger partial charge in [0.2, 0.25) is 5.91 Å². The molecule has 2 aromatic carbocycles. The first-order valence-corrected chi connectivity index (χ1v) is 12.7. The van der Waals surface area contributed by atoms with Gasteiger partial charge in [0, 0.05) is 36.1 Å². The number of carbonyl (C=O) groups excluding carboxylic acids is 2. The Hall–Kier alpha value is -3.73. The van der Waals surface area contributed by atoms with E-state index >= 15 is 0 Å². The van der Waals surface area contributed by atoms with Crippen LogP contribution < -0.4 is 11.1 Å². The summed E-state index contributed by atoms with van der Waals surface area (Å²) >= 11 is 2.25. The fraction of sp³-hybridized carbons (Fsp3) is 0.185. The molecule has 0 aliphatic carbocycles. The van der Waals surface area contributed by atoms with Crippen LogP contribution in [0.15, 0.2) is 73.4 Å². The zero-order chi connectivity index (χ0) is 25.2. The maximum absolute atomic E-state index is 12.7. The number of para-hydroxylation sites is 1. The lowest BCUT2D eigenvalue weighted by Crippen LogP contribution is -2.40. The van der Waals surface area contributed by atoms with Crippen LogP contribution >= 0.6 is 22.6 Å². The number of anilines is 2. The Labute approximate surface area is 222 Å². The van der Waals surface area contributed by atoms with Gasteiger partial charge in [0.25, 0.3) is 5.91 Å². The molecule has 3 N–H and O–H groups in total. The number of amides is 2. The minimum absolute atomic E-state index is 0.00476. The Morgan fingerprint density at radius 3 is 2.61 bits per heavy atom. The van der Waals surface area contributed by atoms with Gasteiger partial charge in [-0.2, -0.15) is 5.10 Å². The molecule has 1 unspecified atom stereocenters. The number of hydrogen-bond donors (Lipinski definition) is 2. The van der Waals surface area contributed by atoms with E-state index in [4.69, 9.17) is 10.8 Å². The molecular weight excluding hydrogens is 567 g/mol. The maximum atomic E-state index is 12.7. The number of fused-ring (bicyclic) bond motifs is 1. The van der Waals surface area contributed by atoms with Crippen molar-refractivity contribution in [2.45, 2.75) is 18.9 Å². The summed E-state index contributed by atoms with van der Waals surface area (Å²) in [5.74, 6) is 0.136. The molecule has 1 saturated heterocycles. The summed E-state index contributed by atoms with van der Waals surface area (Å²) in [6, 6.07) is 16.6. The van der Waals surface area contributed by atoms with Crippen molar-refractivity contribution >= 4 is 56.8 Å². The zero-order valence-corrected chi connectivity index (χ0v) is 21.7. The number of pyridine rings is 1. The van der Waals surface area contributed by atoms with Crippen molar-refractivity contribution in [1.82, 2.24) is 19.7 Å². The molecule has 4 aromatic rings. The highest BCUT2D eigenvalue weighted by Crippen LogP contribution is 2.37. The summed E-state index contributed by atoms with van der Waals surface area (Å²) in [4.78, 5) is 31.2. The molecule has 0 bridgehead atoms. The standard InChI is InChI=1S/C27H25IN6O2/c1-2-22(35)33-14-6-9-20(16-33)34-25-21(28)15-30-26(29)23(25)24(32-34)17-10-12-18(13-11-17)27(36)31-19-7-4-3-5-8-19/h2-5,7-8,10-13,15,20H,1,6,9,14,16H2,(H2,29,30)(H,31,36). The molecule has 2 aromatic heterocycles. The summed E-state index contributed by atoms with van der Waals surface area (Å²) in [6.07, 6.45) is 4.88. The molecular formula is C27H25IN6O2. The van der Waals surface area contributed by atoms with Crippen molar-refractivity contribution < 1.29 is 9.59 Å². The number of nitrogens with zero attached hydrogens (tertiary/aromatic N) is 4. The lowest BCUT2D eigenvalue weighted by Gasteiger charge is -2.32. The molecule has 1 aliphatic rings. The quantitative estimate of drug-likeness (QED) is 0.254. The lowest BCUT2D eigenvalue weighted by molar-refractivity contribution is -0.127. The van der Waals surface area contributed by atoms with Gasteiger partial charge in [0.1, 0.15) is 11.5 Å². The van der Waals surface area contributed by atoms with Crippen molar-refractivity contribution in [3.63, 3.8) is 0 Å². The van der Waals surface area contributed by atoms with Gasteiger partial charge in [0.05, 0.1) is 20.5 Å². The van der Waals surface area contributed by atoms with Crippen LogP contribution in [0.1, 0.15) is 29.2 Å². The van der Waals surface area contributed by atoms with E-state index in [1.54, 1.807) is 18.3 Å². The van der Waals surface area contributed by atoms with Crippen molar-refractivity contribution in [2.75, 3.05) is 24.1 Å². The molecule has 3 heterocycles. The number of nitrogen functional groups attached to an aromatic ring is 1. The highest BCUT2D eigenvalue weighted by Gasteiger charge is 2.28. The minimum Gasteiger partial charge on any atom is -0.383 e. The van der Waals surface area contributed by atoms with Gasteiger partial charge in [0.15, 0.2) is 0 Å². The van der Waals surface area contributed by atoms with Gasteiger partial charge in [-0.25, -0.2) is 4.98 Å². The first-order chi connectivity index (χ1) is 17.5. The van der Waals surface area contributed by atoms with E-state index in [1.807, 2.05) is 52.0 Å². The van der Waals surface area contributed by atoms with Gasteiger partial charge in [-0.05, 0) is 65.8 Å². The van der Waals surface area contributed by atoms with Crippen LogP contribution in [-0.4, -0.2) is 44.6 Å². The summed E-state index contributed by atoms with van der Waals surface area (Å²) in [6.45, 7) is 4.89. The van der Waals surface area contributed by atoms with Gasteiger partial charge < -0.3 is 16.0 Å². The smallest absolute Gasteiger partial charge is 0.255 e. The molecule has 182 valence electrons. The van der Waals surface area contributed by atoms with Crippen molar-refractivity contribution in [3.05, 3.63) is 82.6 Å². The van der Waals surface area contributed by atoms with Gasteiger partial charge in [-0.1, -0.05) is 36.9 Å². The molecule has 1 aliphatic heterocycles. The number of hydrogen-bond acceptors (Lipinski definition) is 5. The van der Waals surface area contributed by atoms with Crippen molar-refractivity contribution in [3.8, 4) is 11.3 Å². The van der Waals surface area contributed by atoms with Crippen molar-refractivity contribution in [2.24, 2.45) is 0 Å². The fourth-order valence-corrected chi connectivity index (χ4v) is 5.27. The summed E-state index contributed by atoms with van der Waals surface area (Å²) in [5.41, 5.74) is 10.1. The molecule has 1 atom stereocenters. The Kier molecular flexibility index (Phi) is 6.73. The predicted molar refractivity (Wildman–Crippen MR) is 150 cm³/mol. The highest BCUT2D eigenvalue weighted by molar-refractivity contribution is 14.1. The average molecular weight is 592 g/mol. The molecule has 0 radical (unpaired) electrons. The predicted octanol–water partition coefficient (Wildman–Crippen LogP) is 4.89. The third-order valence-corrected chi connectivity index (χ3v) is 7.18. The van der Waals surface area contributed by atoms with Crippen LogP contribution in [0, 0.1) is 3.57 Å². The molecule has 2 amide bonds. The Balaban J connectivity index is 1.51. The molecule has 5 rings (SSSR count). The largest absolute Gasteiger partial charge is 0.383 e. The fourth-order valence-electron chi connectivity index (χ4n) is 4.61. The molecule has 0 spiro atoms. The van der Waals surface area contributed by atoms with Crippen LogP contribution in [0.25, 0.3) is 22.2 Å². The van der Waals surface area contributed by atoms with Crippen LogP contribution in [-0.2, 0) is 4.79 Å². The van der Waals surface area contributed by atoms with Crippen LogP contribution in [0.4, 0.5) is 11.5 Å². The second-order valence-corrected chi connectivity index (χ2v) is 9.85. The molecule has 9 heteroatoms. The minimum atomic E-state index is -0.187. The number of aromatic nitrogens is 3.